The molecule has 3 nitrogen and oxygen atoms in total. The first-order chi connectivity index (χ1) is 13.1. The van der Waals surface area contributed by atoms with E-state index in [-0.39, 0.29) is 0 Å². The second-order valence-corrected chi connectivity index (χ2v) is 6.82. The van der Waals surface area contributed by atoms with Crippen LogP contribution >= 0.6 is 0 Å². The molecule has 0 aliphatic carbocycles. The quantitative estimate of drug-likeness (QED) is 0.468. The molecular weight excluding hydrogens is 330 g/mol. The van der Waals surface area contributed by atoms with Crippen LogP contribution in [-0.2, 0) is 0 Å². The van der Waals surface area contributed by atoms with Gasteiger partial charge in [-0.1, -0.05) is 42.0 Å². The van der Waals surface area contributed by atoms with Crippen LogP contribution in [0, 0.1) is 20.8 Å². The van der Waals surface area contributed by atoms with Crippen LogP contribution in [-0.4, -0.2) is 15.0 Å². The zero-order valence-corrected chi connectivity index (χ0v) is 15.8. The van der Waals surface area contributed by atoms with Crippen molar-refractivity contribution in [1.29, 1.82) is 0 Å². The molecular formula is C24H21N3. The van der Waals surface area contributed by atoms with Crippen LogP contribution in [0.5, 0.6) is 0 Å². The van der Waals surface area contributed by atoms with Crippen LogP contribution in [0.2, 0.25) is 0 Å². The van der Waals surface area contributed by atoms with Gasteiger partial charge in [0.05, 0.1) is 22.8 Å². The fourth-order valence-electron chi connectivity index (χ4n) is 3.08. The van der Waals surface area contributed by atoms with Crippen molar-refractivity contribution in [1.82, 2.24) is 15.0 Å². The summed E-state index contributed by atoms with van der Waals surface area (Å²) < 4.78 is 0. The van der Waals surface area contributed by atoms with Crippen molar-refractivity contribution in [2.24, 2.45) is 0 Å². The van der Waals surface area contributed by atoms with Crippen LogP contribution in [0.3, 0.4) is 0 Å². The molecule has 0 amide bonds. The van der Waals surface area contributed by atoms with Gasteiger partial charge in [-0.2, -0.15) is 0 Å². The highest BCUT2D eigenvalue weighted by Gasteiger charge is 2.11. The lowest BCUT2D eigenvalue weighted by molar-refractivity contribution is 1.16. The highest BCUT2D eigenvalue weighted by Crippen LogP contribution is 2.29. The molecule has 0 atom stereocenters. The molecule has 0 aliphatic heterocycles. The third kappa shape index (κ3) is 3.77. The minimum atomic E-state index is 0.857. The van der Waals surface area contributed by atoms with E-state index in [1.165, 1.54) is 5.56 Å². The van der Waals surface area contributed by atoms with Gasteiger partial charge in [-0.25, -0.2) is 4.98 Å². The fraction of sp³-hybridized carbons (Fsp3) is 0.125. The molecule has 0 saturated heterocycles. The molecule has 0 fully saturated rings. The number of nitrogens with zero attached hydrogens (tertiary/aromatic N) is 3. The highest BCUT2D eigenvalue weighted by molar-refractivity contribution is 5.74. The average Bonchev–Trinajstić information content (AvgIpc) is 2.68. The maximum Gasteiger partial charge on any atom is 0.0900 e. The Hall–Kier alpha value is -3.33. The van der Waals surface area contributed by atoms with Crippen molar-refractivity contribution in [2.45, 2.75) is 20.8 Å². The number of aryl methyl sites for hydroxylation is 3. The summed E-state index contributed by atoms with van der Waals surface area (Å²) in [7, 11) is 0. The minimum absolute atomic E-state index is 0.857. The average molecular weight is 351 g/mol. The van der Waals surface area contributed by atoms with Crippen molar-refractivity contribution in [3.05, 3.63) is 89.7 Å². The fourth-order valence-corrected chi connectivity index (χ4v) is 3.08. The van der Waals surface area contributed by atoms with Crippen LogP contribution in [0.4, 0.5) is 0 Å². The molecule has 4 aromatic rings. The van der Waals surface area contributed by atoms with E-state index in [1.54, 1.807) is 0 Å². The van der Waals surface area contributed by atoms with Crippen LogP contribution < -0.4 is 0 Å². The molecule has 0 saturated carbocycles. The molecule has 3 heterocycles. The summed E-state index contributed by atoms with van der Waals surface area (Å²) in [6.07, 6.45) is 0. The van der Waals surface area contributed by atoms with Gasteiger partial charge in [0.2, 0.25) is 0 Å². The van der Waals surface area contributed by atoms with E-state index >= 15 is 0 Å². The van der Waals surface area contributed by atoms with Gasteiger partial charge in [0.15, 0.2) is 0 Å². The molecule has 0 spiro atoms. The molecule has 0 bridgehead atoms. The van der Waals surface area contributed by atoms with E-state index < -0.39 is 0 Å². The first-order valence-electron chi connectivity index (χ1n) is 9.06. The Bertz CT molecular complexity index is 1030. The first-order valence-corrected chi connectivity index (χ1v) is 9.06. The summed E-state index contributed by atoms with van der Waals surface area (Å²) in [5.74, 6) is 0. The maximum atomic E-state index is 4.87. The summed E-state index contributed by atoms with van der Waals surface area (Å²) in [4.78, 5) is 14.2. The van der Waals surface area contributed by atoms with Gasteiger partial charge in [0.25, 0.3) is 0 Å². The largest absolute Gasteiger partial charge is 0.251 e. The van der Waals surface area contributed by atoms with Crippen molar-refractivity contribution in [2.75, 3.05) is 0 Å². The molecule has 27 heavy (non-hydrogen) atoms. The summed E-state index contributed by atoms with van der Waals surface area (Å²) in [5.41, 5.74) is 8.93. The van der Waals surface area contributed by atoms with Crippen LogP contribution in [0.1, 0.15) is 17.0 Å². The number of hydrogen-bond acceptors (Lipinski definition) is 3. The number of aromatic nitrogens is 3. The number of rotatable bonds is 3. The predicted molar refractivity (Wildman–Crippen MR) is 110 cm³/mol. The normalized spacial score (nSPS) is 10.8. The Kier molecular flexibility index (Phi) is 4.51. The summed E-state index contributed by atoms with van der Waals surface area (Å²) in [6.45, 7) is 6.09. The third-order valence-corrected chi connectivity index (χ3v) is 4.51. The minimum Gasteiger partial charge on any atom is -0.251 e. The van der Waals surface area contributed by atoms with Crippen molar-refractivity contribution < 1.29 is 0 Å². The van der Waals surface area contributed by atoms with Crippen molar-refractivity contribution in [3.8, 4) is 33.9 Å². The summed E-state index contributed by atoms with van der Waals surface area (Å²) >= 11 is 0. The summed E-state index contributed by atoms with van der Waals surface area (Å²) in [6, 6.07) is 24.8. The zero-order chi connectivity index (χ0) is 18.8. The van der Waals surface area contributed by atoms with Gasteiger partial charge in [-0.3, -0.25) is 9.97 Å². The Labute approximate surface area is 159 Å². The van der Waals surface area contributed by atoms with Gasteiger partial charge in [0, 0.05) is 11.4 Å². The molecule has 3 aromatic heterocycles. The van der Waals surface area contributed by atoms with Crippen LogP contribution in [0.15, 0.2) is 72.8 Å². The summed E-state index contributed by atoms with van der Waals surface area (Å²) in [5, 5.41) is 0. The standard InChI is InChI=1S/C24H21N3/c1-16-10-12-19(13-11-16)20-14-23(21-8-4-6-17(2)25-21)27-24(15-20)22-9-5-7-18(3)26-22/h4-15H,1-3H3. The zero-order valence-electron chi connectivity index (χ0n) is 15.8. The maximum absolute atomic E-state index is 4.87. The van der Waals surface area contributed by atoms with E-state index in [9.17, 15) is 0 Å². The molecule has 0 aliphatic rings. The SMILES string of the molecule is Cc1ccc(-c2cc(-c3cccc(C)n3)nc(-c3cccc(C)n3)c2)cc1. The van der Waals surface area contributed by atoms with Crippen molar-refractivity contribution in [3.63, 3.8) is 0 Å². The van der Waals surface area contributed by atoms with Crippen molar-refractivity contribution >= 4 is 0 Å². The van der Waals surface area contributed by atoms with E-state index in [0.29, 0.717) is 0 Å². The smallest absolute Gasteiger partial charge is 0.0900 e. The second-order valence-electron chi connectivity index (χ2n) is 6.82. The van der Waals surface area contributed by atoms with E-state index in [2.05, 4.69) is 53.3 Å². The Morgan fingerprint density at radius 3 is 1.48 bits per heavy atom. The molecule has 0 unspecified atom stereocenters. The number of hydrogen-bond donors (Lipinski definition) is 0. The monoisotopic (exact) mass is 351 g/mol. The van der Waals surface area contributed by atoms with E-state index in [4.69, 9.17) is 4.98 Å². The Morgan fingerprint density at radius 1 is 0.481 bits per heavy atom. The van der Waals surface area contributed by atoms with E-state index in [1.807, 2.05) is 50.2 Å². The highest BCUT2D eigenvalue weighted by atomic mass is 14.8. The predicted octanol–water partition coefficient (Wildman–Crippen LogP) is 5.80. The number of pyridine rings is 3. The molecule has 1 aromatic carbocycles. The Balaban J connectivity index is 1.92. The lowest BCUT2D eigenvalue weighted by Gasteiger charge is -2.10. The van der Waals surface area contributed by atoms with E-state index in [0.717, 1.165) is 45.3 Å². The first kappa shape index (κ1) is 17.1. The molecule has 132 valence electrons. The van der Waals surface area contributed by atoms with Gasteiger partial charge in [-0.05, 0) is 68.3 Å². The molecule has 4 rings (SSSR count). The lowest BCUT2D eigenvalue weighted by Crippen LogP contribution is -1.95. The second kappa shape index (κ2) is 7.12. The van der Waals surface area contributed by atoms with Gasteiger partial charge in [0.1, 0.15) is 0 Å². The van der Waals surface area contributed by atoms with Crippen LogP contribution in [0.25, 0.3) is 33.9 Å². The molecule has 0 radical (unpaired) electrons. The topological polar surface area (TPSA) is 38.7 Å². The molecule has 0 N–H and O–H groups in total. The lowest BCUT2D eigenvalue weighted by atomic mass is 10.0. The van der Waals surface area contributed by atoms with Gasteiger partial charge >= 0.3 is 0 Å². The van der Waals surface area contributed by atoms with Gasteiger partial charge < -0.3 is 0 Å². The third-order valence-electron chi connectivity index (χ3n) is 4.51. The molecule has 3 heteroatoms. The number of benzene rings is 1. The van der Waals surface area contributed by atoms with Gasteiger partial charge in [-0.15, -0.1) is 0 Å². The Morgan fingerprint density at radius 2 is 1.00 bits per heavy atom.